The van der Waals surface area contributed by atoms with Crippen molar-refractivity contribution in [3.8, 4) is 5.75 Å². The van der Waals surface area contributed by atoms with Gasteiger partial charge in [-0.3, -0.25) is 4.79 Å². The van der Waals surface area contributed by atoms with E-state index in [-0.39, 0.29) is 5.91 Å². The quantitative estimate of drug-likeness (QED) is 0.553. The summed E-state index contributed by atoms with van der Waals surface area (Å²) in [6.07, 6.45) is 3.84. The number of nitrogens with one attached hydrogen (secondary N) is 1. The van der Waals surface area contributed by atoms with Crippen LogP contribution in [0.2, 0.25) is 0 Å². The standard InChI is InChI=1S/C14H19NO2/c1-2-3-11-15-14(16)10-7-12-17-13-8-5-4-6-9-13/h2,4-6,8-9H,1,3,7,10-12H2,(H,15,16). The van der Waals surface area contributed by atoms with Crippen LogP contribution in [0.15, 0.2) is 43.0 Å². The third-order valence-corrected chi connectivity index (χ3v) is 2.23. The first-order valence-corrected chi connectivity index (χ1v) is 5.88. The van der Waals surface area contributed by atoms with E-state index in [9.17, 15) is 4.79 Å². The van der Waals surface area contributed by atoms with Gasteiger partial charge in [0.2, 0.25) is 5.91 Å². The highest BCUT2D eigenvalue weighted by molar-refractivity contribution is 5.75. The lowest BCUT2D eigenvalue weighted by molar-refractivity contribution is -0.121. The Hall–Kier alpha value is -1.77. The zero-order chi connectivity index (χ0) is 12.3. The average Bonchev–Trinajstić information content (AvgIpc) is 2.36. The molecule has 0 aliphatic carbocycles. The minimum absolute atomic E-state index is 0.0727. The Kier molecular flexibility index (Phi) is 6.56. The minimum Gasteiger partial charge on any atom is -0.494 e. The van der Waals surface area contributed by atoms with Crippen LogP contribution >= 0.6 is 0 Å². The second-order valence-electron chi connectivity index (χ2n) is 3.69. The lowest BCUT2D eigenvalue weighted by atomic mass is 10.3. The van der Waals surface area contributed by atoms with Gasteiger partial charge < -0.3 is 10.1 Å². The third kappa shape index (κ3) is 6.40. The van der Waals surface area contributed by atoms with E-state index < -0.39 is 0 Å². The molecule has 1 rings (SSSR count). The highest BCUT2D eigenvalue weighted by Crippen LogP contribution is 2.08. The van der Waals surface area contributed by atoms with Crippen molar-refractivity contribution in [2.24, 2.45) is 0 Å². The van der Waals surface area contributed by atoms with Gasteiger partial charge in [0.15, 0.2) is 0 Å². The van der Waals surface area contributed by atoms with Crippen molar-refractivity contribution in [2.45, 2.75) is 19.3 Å². The summed E-state index contributed by atoms with van der Waals surface area (Å²) >= 11 is 0. The summed E-state index contributed by atoms with van der Waals surface area (Å²) in [5.41, 5.74) is 0. The molecule has 17 heavy (non-hydrogen) atoms. The summed E-state index contributed by atoms with van der Waals surface area (Å²) in [7, 11) is 0. The highest BCUT2D eigenvalue weighted by Gasteiger charge is 1.99. The fraction of sp³-hybridized carbons (Fsp3) is 0.357. The minimum atomic E-state index is 0.0727. The van der Waals surface area contributed by atoms with Gasteiger partial charge in [0, 0.05) is 13.0 Å². The topological polar surface area (TPSA) is 38.3 Å². The van der Waals surface area contributed by atoms with E-state index in [1.165, 1.54) is 0 Å². The van der Waals surface area contributed by atoms with Gasteiger partial charge in [-0.1, -0.05) is 24.3 Å². The summed E-state index contributed by atoms with van der Waals surface area (Å²) in [5.74, 6) is 0.920. The van der Waals surface area contributed by atoms with Crippen molar-refractivity contribution in [3.63, 3.8) is 0 Å². The normalized spacial score (nSPS) is 9.65. The van der Waals surface area contributed by atoms with Crippen molar-refractivity contribution >= 4 is 5.91 Å². The molecule has 0 bridgehead atoms. The second-order valence-corrected chi connectivity index (χ2v) is 3.69. The van der Waals surface area contributed by atoms with Crippen molar-refractivity contribution in [2.75, 3.05) is 13.2 Å². The smallest absolute Gasteiger partial charge is 0.220 e. The maximum Gasteiger partial charge on any atom is 0.220 e. The Morgan fingerprint density at radius 3 is 2.82 bits per heavy atom. The summed E-state index contributed by atoms with van der Waals surface area (Å²) in [6.45, 7) is 4.83. The van der Waals surface area contributed by atoms with E-state index in [0.29, 0.717) is 19.6 Å². The molecule has 1 aromatic carbocycles. The van der Waals surface area contributed by atoms with Gasteiger partial charge in [-0.15, -0.1) is 6.58 Å². The molecule has 1 amide bonds. The molecule has 0 saturated heterocycles. The van der Waals surface area contributed by atoms with Gasteiger partial charge in [0.05, 0.1) is 6.61 Å². The molecule has 0 fully saturated rings. The molecule has 0 radical (unpaired) electrons. The number of para-hydroxylation sites is 1. The summed E-state index contributed by atoms with van der Waals surface area (Å²) in [4.78, 5) is 11.3. The van der Waals surface area contributed by atoms with Crippen molar-refractivity contribution < 1.29 is 9.53 Å². The monoisotopic (exact) mass is 233 g/mol. The predicted octanol–water partition coefficient (Wildman–Crippen LogP) is 2.54. The number of ether oxygens (including phenoxy) is 1. The highest BCUT2D eigenvalue weighted by atomic mass is 16.5. The van der Waals surface area contributed by atoms with Crippen LogP contribution in [0.25, 0.3) is 0 Å². The number of benzene rings is 1. The van der Waals surface area contributed by atoms with Crippen molar-refractivity contribution in [1.82, 2.24) is 5.32 Å². The molecular formula is C14H19NO2. The summed E-state index contributed by atoms with van der Waals surface area (Å²) < 4.78 is 5.49. The van der Waals surface area contributed by atoms with E-state index >= 15 is 0 Å². The third-order valence-electron chi connectivity index (χ3n) is 2.23. The molecule has 0 saturated carbocycles. The first kappa shape index (κ1) is 13.3. The zero-order valence-electron chi connectivity index (χ0n) is 10.0. The molecule has 0 atom stereocenters. The zero-order valence-corrected chi connectivity index (χ0v) is 10.0. The molecule has 0 aromatic heterocycles. The molecule has 0 aliphatic rings. The van der Waals surface area contributed by atoms with E-state index in [2.05, 4.69) is 11.9 Å². The summed E-state index contributed by atoms with van der Waals surface area (Å²) in [6, 6.07) is 9.61. The van der Waals surface area contributed by atoms with Crippen molar-refractivity contribution in [3.05, 3.63) is 43.0 Å². The fourth-order valence-corrected chi connectivity index (χ4v) is 1.34. The molecule has 0 aliphatic heterocycles. The largest absolute Gasteiger partial charge is 0.494 e. The first-order valence-electron chi connectivity index (χ1n) is 5.88. The van der Waals surface area contributed by atoms with Gasteiger partial charge in [-0.25, -0.2) is 0 Å². The molecule has 1 aromatic rings. The molecule has 0 spiro atoms. The SMILES string of the molecule is C=CCCNC(=O)CCCOc1ccccc1. The molecular weight excluding hydrogens is 214 g/mol. The van der Waals surface area contributed by atoms with E-state index in [1.54, 1.807) is 6.08 Å². The molecule has 0 unspecified atom stereocenters. The summed E-state index contributed by atoms with van der Waals surface area (Å²) in [5, 5.41) is 2.82. The number of amides is 1. The first-order chi connectivity index (χ1) is 8.33. The van der Waals surface area contributed by atoms with E-state index in [0.717, 1.165) is 18.6 Å². The van der Waals surface area contributed by atoms with Gasteiger partial charge in [-0.2, -0.15) is 0 Å². The maximum absolute atomic E-state index is 11.3. The Morgan fingerprint density at radius 2 is 2.12 bits per heavy atom. The van der Waals surface area contributed by atoms with Crippen LogP contribution in [0.1, 0.15) is 19.3 Å². The van der Waals surface area contributed by atoms with Crippen LogP contribution in [-0.4, -0.2) is 19.1 Å². The average molecular weight is 233 g/mol. The number of hydrogen-bond donors (Lipinski definition) is 1. The van der Waals surface area contributed by atoms with Crippen LogP contribution < -0.4 is 10.1 Å². The van der Waals surface area contributed by atoms with Gasteiger partial charge >= 0.3 is 0 Å². The van der Waals surface area contributed by atoms with Gasteiger partial charge in [-0.05, 0) is 25.0 Å². The number of rotatable bonds is 8. The molecule has 1 N–H and O–H groups in total. The Morgan fingerprint density at radius 1 is 1.35 bits per heavy atom. The number of carbonyl (C=O) groups excluding carboxylic acids is 1. The van der Waals surface area contributed by atoms with Crippen LogP contribution in [0.4, 0.5) is 0 Å². The molecule has 0 heterocycles. The predicted molar refractivity (Wildman–Crippen MR) is 69.0 cm³/mol. The lowest BCUT2D eigenvalue weighted by Crippen LogP contribution is -2.24. The molecule has 3 nitrogen and oxygen atoms in total. The Balaban J connectivity index is 2.04. The lowest BCUT2D eigenvalue weighted by Gasteiger charge is -2.06. The van der Waals surface area contributed by atoms with Crippen LogP contribution in [-0.2, 0) is 4.79 Å². The number of hydrogen-bond acceptors (Lipinski definition) is 2. The molecule has 92 valence electrons. The van der Waals surface area contributed by atoms with E-state index in [1.807, 2.05) is 30.3 Å². The Labute approximate surface area is 102 Å². The Bertz CT molecular complexity index is 335. The van der Waals surface area contributed by atoms with Crippen LogP contribution in [0.5, 0.6) is 5.75 Å². The molecule has 3 heteroatoms. The fourth-order valence-electron chi connectivity index (χ4n) is 1.34. The van der Waals surface area contributed by atoms with E-state index in [4.69, 9.17) is 4.74 Å². The van der Waals surface area contributed by atoms with Gasteiger partial charge in [0.1, 0.15) is 5.75 Å². The van der Waals surface area contributed by atoms with Crippen LogP contribution in [0, 0.1) is 0 Å². The van der Waals surface area contributed by atoms with Crippen molar-refractivity contribution in [1.29, 1.82) is 0 Å². The maximum atomic E-state index is 11.3. The van der Waals surface area contributed by atoms with Crippen LogP contribution in [0.3, 0.4) is 0 Å². The number of carbonyl (C=O) groups is 1. The second kappa shape index (κ2) is 8.39. The van der Waals surface area contributed by atoms with Gasteiger partial charge in [0.25, 0.3) is 0 Å².